The molecule has 0 bridgehead atoms. The van der Waals surface area contributed by atoms with Crippen molar-refractivity contribution in [3.05, 3.63) is 28.9 Å². The standard InChI is InChI=1S/C28H45ClN2O2/c1-3-4-5-6-9-12-15-18-30-19-16-13-10-7-8-11-14-17-27(32)24-22-31-26-21-28(33-2)25(29)20-23(24)26/h20-22,30-31H,3-19H2,1-2H3. The molecule has 0 amide bonds. The summed E-state index contributed by atoms with van der Waals surface area (Å²) in [4.78, 5) is 15.8. The molecule has 0 fully saturated rings. The maximum atomic E-state index is 12.6. The highest BCUT2D eigenvalue weighted by atomic mass is 35.5. The molecule has 0 aliphatic carbocycles. The van der Waals surface area contributed by atoms with Crippen LogP contribution in [0.2, 0.25) is 5.02 Å². The third-order valence-corrected chi connectivity index (χ3v) is 6.76. The zero-order valence-corrected chi connectivity index (χ0v) is 21.7. The molecular formula is C28H45ClN2O2. The van der Waals surface area contributed by atoms with E-state index in [0.717, 1.165) is 35.9 Å². The summed E-state index contributed by atoms with van der Waals surface area (Å²) in [5.74, 6) is 0.809. The first-order chi connectivity index (χ1) is 16.2. The Labute approximate surface area is 206 Å². The van der Waals surface area contributed by atoms with Gasteiger partial charge in [0.25, 0.3) is 0 Å². The van der Waals surface area contributed by atoms with Gasteiger partial charge in [-0.25, -0.2) is 0 Å². The molecule has 2 N–H and O–H groups in total. The Hall–Kier alpha value is -1.52. The van der Waals surface area contributed by atoms with Gasteiger partial charge in [0.1, 0.15) is 5.75 Å². The van der Waals surface area contributed by atoms with Gasteiger partial charge in [-0.2, -0.15) is 0 Å². The number of nitrogens with one attached hydrogen (secondary N) is 2. The average molecular weight is 477 g/mol. The first kappa shape index (κ1) is 27.7. The lowest BCUT2D eigenvalue weighted by atomic mass is 10.0. The number of carbonyl (C=O) groups is 1. The molecule has 1 aromatic heterocycles. The summed E-state index contributed by atoms with van der Waals surface area (Å²) in [5, 5.41) is 5.01. The number of hydrogen-bond acceptors (Lipinski definition) is 3. The highest BCUT2D eigenvalue weighted by Crippen LogP contribution is 2.31. The smallest absolute Gasteiger partial charge is 0.165 e. The highest BCUT2D eigenvalue weighted by molar-refractivity contribution is 6.33. The molecule has 0 unspecified atom stereocenters. The second-order valence-electron chi connectivity index (χ2n) is 9.25. The van der Waals surface area contributed by atoms with Crippen molar-refractivity contribution in [2.75, 3.05) is 20.2 Å². The van der Waals surface area contributed by atoms with Crippen molar-refractivity contribution < 1.29 is 9.53 Å². The van der Waals surface area contributed by atoms with E-state index >= 15 is 0 Å². The van der Waals surface area contributed by atoms with E-state index in [0.29, 0.717) is 17.2 Å². The van der Waals surface area contributed by atoms with Gasteiger partial charge in [0.05, 0.1) is 12.1 Å². The van der Waals surface area contributed by atoms with E-state index < -0.39 is 0 Å². The van der Waals surface area contributed by atoms with Gasteiger partial charge < -0.3 is 15.0 Å². The fourth-order valence-electron chi connectivity index (χ4n) is 4.40. The minimum atomic E-state index is 0.189. The van der Waals surface area contributed by atoms with Crippen molar-refractivity contribution in [3.63, 3.8) is 0 Å². The lowest BCUT2D eigenvalue weighted by molar-refractivity contribution is 0.0980. The number of aromatic nitrogens is 1. The summed E-state index contributed by atoms with van der Waals surface area (Å²) in [6.07, 6.45) is 20.5. The fourth-order valence-corrected chi connectivity index (χ4v) is 4.64. The van der Waals surface area contributed by atoms with Gasteiger partial charge in [-0.1, -0.05) is 89.2 Å². The van der Waals surface area contributed by atoms with Gasteiger partial charge in [0, 0.05) is 35.2 Å². The van der Waals surface area contributed by atoms with Gasteiger partial charge in [-0.15, -0.1) is 0 Å². The zero-order chi connectivity index (χ0) is 23.7. The summed E-state index contributed by atoms with van der Waals surface area (Å²) in [6, 6.07) is 3.67. The molecule has 1 aromatic carbocycles. The van der Waals surface area contributed by atoms with Crippen LogP contribution in [-0.2, 0) is 0 Å². The largest absolute Gasteiger partial charge is 0.495 e. The predicted molar refractivity (Wildman–Crippen MR) is 142 cm³/mol. The van der Waals surface area contributed by atoms with Crippen molar-refractivity contribution >= 4 is 28.3 Å². The molecule has 0 radical (unpaired) electrons. The van der Waals surface area contributed by atoms with Crippen LogP contribution in [0.1, 0.15) is 114 Å². The van der Waals surface area contributed by atoms with Crippen molar-refractivity contribution in [1.82, 2.24) is 10.3 Å². The number of fused-ring (bicyclic) bond motifs is 1. The Balaban J connectivity index is 1.44. The minimum absolute atomic E-state index is 0.189. The molecule has 0 saturated carbocycles. The molecule has 33 heavy (non-hydrogen) atoms. The van der Waals surface area contributed by atoms with E-state index in [4.69, 9.17) is 16.3 Å². The summed E-state index contributed by atoms with van der Waals surface area (Å²) in [6.45, 7) is 4.61. The van der Waals surface area contributed by atoms with E-state index in [1.54, 1.807) is 13.3 Å². The number of Topliss-reactive ketones (excluding diaryl/α,β-unsaturated/α-hetero) is 1. The number of methoxy groups -OCH3 is 1. The first-order valence-corrected chi connectivity index (χ1v) is 13.6. The van der Waals surface area contributed by atoms with Crippen molar-refractivity contribution in [2.45, 2.75) is 103 Å². The van der Waals surface area contributed by atoms with Gasteiger partial charge >= 0.3 is 0 Å². The number of benzene rings is 1. The van der Waals surface area contributed by atoms with E-state index in [2.05, 4.69) is 17.2 Å². The van der Waals surface area contributed by atoms with E-state index in [-0.39, 0.29) is 5.78 Å². The Morgan fingerprint density at radius 3 is 2.06 bits per heavy atom. The Bertz CT molecular complexity index is 803. The molecule has 2 aromatic rings. The van der Waals surface area contributed by atoms with Crippen LogP contribution in [0.3, 0.4) is 0 Å². The number of carbonyl (C=O) groups excluding carboxylic acids is 1. The van der Waals surface area contributed by atoms with Crippen molar-refractivity contribution in [2.24, 2.45) is 0 Å². The number of aromatic amines is 1. The number of hydrogen-bond donors (Lipinski definition) is 2. The van der Waals surface area contributed by atoms with Crippen LogP contribution in [0.15, 0.2) is 18.3 Å². The lowest BCUT2D eigenvalue weighted by Crippen LogP contribution is -2.16. The first-order valence-electron chi connectivity index (χ1n) is 13.3. The SMILES string of the molecule is CCCCCCCCCNCCCCCCCCCC(=O)c1c[nH]c2cc(OC)c(Cl)cc12. The number of unbranched alkanes of at least 4 members (excludes halogenated alkanes) is 12. The second-order valence-corrected chi connectivity index (χ2v) is 9.66. The van der Waals surface area contributed by atoms with Crippen LogP contribution in [-0.4, -0.2) is 31.0 Å². The Kier molecular flexibility index (Phi) is 14.3. The number of ether oxygens (including phenoxy) is 1. The third kappa shape index (κ3) is 10.5. The minimum Gasteiger partial charge on any atom is -0.495 e. The van der Waals surface area contributed by atoms with E-state index in [9.17, 15) is 4.79 Å². The summed E-state index contributed by atoms with van der Waals surface area (Å²) >= 11 is 6.24. The number of halogens is 1. The monoisotopic (exact) mass is 476 g/mol. The lowest BCUT2D eigenvalue weighted by Gasteiger charge is -2.06. The molecule has 5 heteroatoms. The Morgan fingerprint density at radius 1 is 0.879 bits per heavy atom. The second kappa shape index (κ2) is 17.0. The quantitative estimate of drug-likeness (QED) is 0.149. The number of H-pyrrole nitrogens is 1. The molecule has 0 atom stereocenters. The summed E-state index contributed by atoms with van der Waals surface area (Å²) in [7, 11) is 1.59. The normalized spacial score (nSPS) is 11.4. The molecule has 0 aliphatic rings. The Morgan fingerprint density at radius 2 is 1.45 bits per heavy atom. The van der Waals surface area contributed by atoms with Gasteiger partial charge in [0.2, 0.25) is 0 Å². The fraction of sp³-hybridized carbons (Fsp3) is 0.679. The van der Waals surface area contributed by atoms with Crippen LogP contribution >= 0.6 is 11.6 Å². The highest BCUT2D eigenvalue weighted by Gasteiger charge is 2.14. The molecule has 0 saturated heterocycles. The zero-order valence-electron chi connectivity index (χ0n) is 20.9. The van der Waals surface area contributed by atoms with E-state index in [1.165, 1.54) is 83.6 Å². The van der Waals surface area contributed by atoms with Crippen LogP contribution in [0.25, 0.3) is 10.9 Å². The molecule has 4 nitrogen and oxygen atoms in total. The molecule has 0 aliphatic heterocycles. The molecule has 186 valence electrons. The van der Waals surface area contributed by atoms with Crippen LogP contribution in [0, 0.1) is 0 Å². The maximum Gasteiger partial charge on any atom is 0.165 e. The van der Waals surface area contributed by atoms with E-state index in [1.807, 2.05) is 12.1 Å². The van der Waals surface area contributed by atoms with Gasteiger partial charge in [-0.05, 0) is 38.4 Å². The molecular weight excluding hydrogens is 432 g/mol. The van der Waals surface area contributed by atoms with Gasteiger partial charge in [0.15, 0.2) is 5.78 Å². The van der Waals surface area contributed by atoms with Crippen molar-refractivity contribution in [3.8, 4) is 5.75 Å². The predicted octanol–water partition coefficient (Wildman–Crippen LogP) is 8.47. The third-order valence-electron chi connectivity index (χ3n) is 6.47. The average Bonchev–Trinajstić information content (AvgIpc) is 3.23. The van der Waals surface area contributed by atoms with Gasteiger partial charge in [-0.3, -0.25) is 4.79 Å². The molecule has 2 rings (SSSR count). The van der Waals surface area contributed by atoms with Crippen molar-refractivity contribution in [1.29, 1.82) is 0 Å². The molecule has 0 spiro atoms. The summed E-state index contributed by atoms with van der Waals surface area (Å²) < 4.78 is 5.25. The number of rotatable bonds is 20. The topological polar surface area (TPSA) is 54.1 Å². The number of ketones is 1. The van der Waals surface area contributed by atoms with Crippen LogP contribution < -0.4 is 10.1 Å². The van der Waals surface area contributed by atoms with Crippen LogP contribution in [0.5, 0.6) is 5.75 Å². The maximum absolute atomic E-state index is 12.6. The summed E-state index contributed by atoms with van der Waals surface area (Å²) in [5.41, 5.74) is 1.62. The molecule has 1 heterocycles. The van der Waals surface area contributed by atoms with Crippen LogP contribution in [0.4, 0.5) is 0 Å².